The van der Waals surface area contributed by atoms with Crippen LogP contribution < -0.4 is 9.47 Å². The molecule has 4 nitrogen and oxygen atoms in total. The number of ketones is 1. The number of hydrogen-bond donors (Lipinski definition) is 0. The molecule has 1 rings (SSSR count). The van der Waals surface area contributed by atoms with Gasteiger partial charge < -0.3 is 14.2 Å². The molecule has 0 aliphatic heterocycles. The molecule has 0 saturated heterocycles. The monoisotopic (exact) mass is 280 g/mol. The second kappa shape index (κ2) is 8.59. The topological polar surface area (TPSA) is 44.8 Å². The van der Waals surface area contributed by atoms with E-state index in [9.17, 15) is 4.79 Å². The van der Waals surface area contributed by atoms with E-state index in [1.807, 2.05) is 25.1 Å². The first-order valence-electron chi connectivity index (χ1n) is 6.87. The summed E-state index contributed by atoms with van der Waals surface area (Å²) >= 11 is 0. The molecule has 20 heavy (non-hydrogen) atoms. The fourth-order valence-electron chi connectivity index (χ4n) is 1.84. The Kier molecular flexibility index (Phi) is 7.09. The highest BCUT2D eigenvalue weighted by Gasteiger charge is 2.11. The molecule has 0 heterocycles. The van der Waals surface area contributed by atoms with Crippen molar-refractivity contribution >= 4 is 5.78 Å². The van der Waals surface area contributed by atoms with Crippen molar-refractivity contribution in [1.29, 1.82) is 0 Å². The number of ether oxygens (including phenoxy) is 3. The summed E-state index contributed by atoms with van der Waals surface area (Å²) in [4.78, 5) is 11.3. The molecule has 0 aromatic heterocycles. The highest BCUT2D eigenvalue weighted by molar-refractivity contribution is 5.78. The second-order valence-corrected chi connectivity index (χ2v) is 4.90. The van der Waals surface area contributed by atoms with E-state index < -0.39 is 0 Å². The molecule has 0 N–H and O–H groups in total. The van der Waals surface area contributed by atoms with Gasteiger partial charge in [0.05, 0.1) is 13.7 Å². The molecule has 0 aliphatic rings. The minimum atomic E-state index is 0.0183. The molecular weight excluding hydrogens is 256 g/mol. The van der Waals surface area contributed by atoms with Crippen molar-refractivity contribution < 1.29 is 19.0 Å². The summed E-state index contributed by atoms with van der Waals surface area (Å²) < 4.78 is 16.0. The first-order chi connectivity index (χ1) is 9.58. The molecule has 1 atom stereocenters. The Morgan fingerprint density at radius 2 is 1.95 bits per heavy atom. The van der Waals surface area contributed by atoms with Crippen molar-refractivity contribution in [3.05, 3.63) is 23.8 Å². The third-order valence-corrected chi connectivity index (χ3v) is 3.21. The lowest BCUT2D eigenvalue weighted by atomic mass is 9.98. The van der Waals surface area contributed by atoms with Crippen LogP contribution in [0.1, 0.15) is 25.8 Å². The summed E-state index contributed by atoms with van der Waals surface area (Å²) in [7, 11) is 3.29. The van der Waals surface area contributed by atoms with Gasteiger partial charge in [-0.15, -0.1) is 0 Å². The number of Topliss-reactive ketones (excluding diaryl/α,β-unsaturated/α-hetero) is 1. The van der Waals surface area contributed by atoms with Gasteiger partial charge in [-0.3, -0.25) is 4.79 Å². The molecule has 1 aromatic rings. The molecule has 112 valence electrons. The van der Waals surface area contributed by atoms with Gasteiger partial charge in [0.2, 0.25) is 0 Å². The molecule has 0 unspecified atom stereocenters. The van der Waals surface area contributed by atoms with Crippen LogP contribution in [0.25, 0.3) is 0 Å². The summed E-state index contributed by atoms with van der Waals surface area (Å²) in [6.45, 7) is 4.81. The van der Waals surface area contributed by atoms with Crippen molar-refractivity contribution in [3.63, 3.8) is 0 Å². The summed E-state index contributed by atoms with van der Waals surface area (Å²) in [5.41, 5.74) is 1.08. The van der Waals surface area contributed by atoms with E-state index >= 15 is 0 Å². The molecule has 4 heteroatoms. The fraction of sp³-hybridized carbons (Fsp3) is 0.562. The zero-order valence-electron chi connectivity index (χ0n) is 12.8. The molecule has 0 spiro atoms. The van der Waals surface area contributed by atoms with Crippen molar-refractivity contribution in [2.24, 2.45) is 5.92 Å². The summed E-state index contributed by atoms with van der Waals surface area (Å²) in [5, 5.41) is 0. The Labute approximate surface area is 121 Å². The predicted molar refractivity (Wildman–Crippen MR) is 78.5 cm³/mol. The van der Waals surface area contributed by atoms with Crippen molar-refractivity contribution in [2.75, 3.05) is 27.4 Å². The van der Waals surface area contributed by atoms with Crippen LogP contribution in [-0.4, -0.2) is 33.2 Å². The zero-order chi connectivity index (χ0) is 15.0. The van der Waals surface area contributed by atoms with Gasteiger partial charge in [-0.1, -0.05) is 13.0 Å². The van der Waals surface area contributed by atoms with E-state index in [-0.39, 0.29) is 11.7 Å². The van der Waals surface area contributed by atoms with Gasteiger partial charge in [0.25, 0.3) is 0 Å². The second-order valence-electron chi connectivity index (χ2n) is 4.90. The summed E-state index contributed by atoms with van der Waals surface area (Å²) in [6, 6.07) is 5.80. The predicted octanol–water partition coefficient (Wildman–Crippen LogP) is 2.88. The van der Waals surface area contributed by atoms with Gasteiger partial charge in [-0.25, -0.2) is 0 Å². The Morgan fingerprint density at radius 3 is 2.55 bits per heavy atom. The van der Waals surface area contributed by atoms with Gasteiger partial charge in [0.15, 0.2) is 11.5 Å². The van der Waals surface area contributed by atoms with Crippen LogP contribution in [-0.2, 0) is 16.0 Å². The van der Waals surface area contributed by atoms with E-state index in [0.29, 0.717) is 25.4 Å². The molecular formula is C16H24O4. The largest absolute Gasteiger partial charge is 0.493 e. The number of hydrogen-bond acceptors (Lipinski definition) is 4. The summed E-state index contributed by atoms with van der Waals surface area (Å²) in [6.07, 6.45) is 1.54. The first-order valence-corrected chi connectivity index (χ1v) is 6.87. The minimum Gasteiger partial charge on any atom is -0.493 e. The Hall–Kier alpha value is -1.55. The van der Waals surface area contributed by atoms with Crippen LogP contribution in [0.4, 0.5) is 0 Å². The number of methoxy groups -OCH3 is 2. The maximum Gasteiger partial charge on any atom is 0.161 e. The normalized spacial score (nSPS) is 12.0. The van der Waals surface area contributed by atoms with Gasteiger partial charge in [-0.05, 0) is 31.0 Å². The molecule has 0 saturated carbocycles. The average molecular weight is 280 g/mol. The average Bonchev–Trinajstić information content (AvgIpc) is 2.43. The van der Waals surface area contributed by atoms with E-state index in [0.717, 1.165) is 17.7 Å². The molecule has 0 bridgehead atoms. The molecule has 1 aromatic carbocycles. The van der Waals surface area contributed by atoms with Gasteiger partial charge in [0.1, 0.15) is 5.78 Å². The number of benzene rings is 1. The van der Waals surface area contributed by atoms with E-state index in [1.54, 1.807) is 21.1 Å². The number of carbonyl (C=O) groups excluding carboxylic acids is 1. The molecule has 0 amide bonds. The quantitative estimate of drug-likeness (QED) is 0.652. The van der Waals surface area contributed by atoms with Gasteiger partial charge in [0, 0.05) is 26.1 Å². The van der Waals surface area contributed by atoms with Crippen LogP contribution in [0.3, 0.4) is 0 Å². The lowest BCUT2D eigenvalue weighted by Gasteiger charge is -2.13. The third-order valence-electron chi connectivity index (χ3n) is 3.21. The number of rotatable bonds is 9. The van der Waals surface area contributed by atoms with E-state index in [4.69, 9.17) is 14.2 Å². The van der Waals surface area contributed by atoms with Gasteiger partial charge in [-0.2, -0.15) is 0 Å². The first kappa shape index (κ1) is 16.5. The molecule has 0 aliphatic carbocycles. The third kappa shape index (κ3) is 5.21. The fourth-order valence-corrected chi connectivity index (χ4v) is 1.84. The molecule has 0 fully saturated rings. The van der Waals surface area contributed by atoms with Crippen molar-refractivity contribution in [3.8, 4) is 11.5 Å². The van der Waals surface area contributed by atoms with Gasteiger partial charge >= 0.3 is 0 Å². The molecule has 0 radical (unpaired) electrons. The number of carbonyl (C=O) groups is 1. The van der Waals surface area contributed by atoms with Crippen molar-refractivity contribution in [1.82, 2.24) is 0 Å². The lowest BCUT2D eigenvalue weighted by Crippen LogP contribution is -2.10. The Morgan fingerprint density at radius 1 is 1.20 bits per heavy atom. The Balaban J connectivity index is 2.72. The van der Waals surface area contributed by atoms with E-state index in [2.05, 4.69) is 0 Å². The van der Waals surface area contributed by atoms with Crippen LogP contribution in [0, 0.1) is 5.92 Å². The van der Waals surface area contributed by atoms with Crippen LogP contribution in [0.15, 0.2) is 18.2 Å². The van der Waals surface area contributed by atoms with Crippen LogP contribution >= 0.6 is 0 Å². The van der Waals surface area contributed by atoms with Crippen LogP contribution in [0.5, 0.6) is 11.5 Å². The smallest absolute Gasteiger partial charge is 0.161 e. The SMILES string of the molecule is COCCCOc1cc(C[C@H](C)C(C)=O)ccc1OC. The maximum atomic E-state index is 11.3. The minimum absolute atomic E-state index is 0.0183. The van der Waals surface area contributed by atoms with E-state index in [1.165, 1.54) is 0 Å². The highest BCUT2D eigenvalue weighted by Crippen LogP contribution is 2.29. The van der Waals surface area contributed by atoms with Crippen LogP contribution in [0.2, 0.25) is 0 Å². The standard InChI is InChI=1S/C16H24O4/c1-12(13(2)17)10-14-6-7-15(19-4)16(11-14)20-9-5-8-18-3/h6-7,11-12H,5,8-10H2,1-4H3/t12-/m0/s1. The van der Waals surface area contributed by atoms with Crippen molar-refractivity contribution in [2.45, 2.75) is 26.7 Å². The maximum absolute atomic E-state index is 11.3. The summed E-state index contributed by atoms with van der Waals surface area (Å²) in [5.74, 6) is 1.65. The highest BCUT2D eigenvalue weighted by atomic mass is 16.5. The lowest BCUT2D eigenvalue weighted by molar-refractivity contribution is -0.120. The zero-order valence-corrected chi connectivity index (χ0v) is 12.8. The Bertz CT molecular complexity index is 428.